The second-order valence-electron chi connectivity index (χ2n) is 5.02. The van der Waals surface area contributed by atoms with Crippen LogP contribution in [0.1, 0.15) is 25.0 Å². The number of aromatic nitrogens is 1. The molecule has 0 bridgehead atoms. The van der Waals surface area contributed by atoms with Crippen LogP contribution in [0.3, 0.4) is 0 Å². The first-order chi connectivity index (χ1) is 7.81. The van der Waals surface area contributed by atoms with Crippen molar-refractivity contribution in [2.24, 2.45) is 0 Å². The average Bonchev–Trinajstić information content (AvgIpc) is 3.01. The van der Waals surface area contributed by atoms with E-state index in [1.54, 1.807) is 0 Å². The number of likely N-dealkylation sites (tertiary alicyclic amines) is 1. The van der Waals surface area contributed by atoms with Gasteiger partial charge in [-0.2, -0.15) is 0 Å². The summed E-state index contributed by atoms with van der Waals surface area (Å²) < 4.78 is 0. The lowest BCUT2D eigenvalue weighted by Gasteiger charge is -2.16. The van der Waals surface area contributed by atoms with Gasteiger partial charge < -0.3 is 5.32 Å². The van der Waals surface area contributed by atoms with Crippen LogP contribution in [0.5, 0.6) is 0 Å². The third-order valence-electron chi connectivity index (χ3n) is 3.52. The third-order valence-corrected chi connectivity index (χ3v) is 3.52. The Balaban J connectivity index is 1.59. The van der Waals surface area contributed by atoms with E-state index in [1.807, 2.05) is 13.0 Å². The molecule has 1 saturated carbocycles. The van der Waals surface area contributed by atoms with E-state index in [2.05, 4.69) is 27.3 Å². The van der Waals surface area contributed by atoms with Gasteiger partial charge in [0.2, 0.25) is 0 Å². The minimum atomic E-state index is 0.592. The quantitative estimate of drug-likeness (QED) is 0.839. The molecule has 1 aromatic rings. The summed E-state index contributed by atoms with van der Waals surface area (Å²) in [6, 6.07) is 7.66. The van der Waals surface area contributed by atoms with Crippen LogP contribution < -0.4 is 5.32 Å². The van der Waals surface area contributed by atoms with E-state index in [9.17, 15) is 0 Å². The van der Waals surface area contributed by atoms with Crippen molar-refractivity contribution in [3.05, 3.63) is 23.9 Å². The standard InChI is InChI=1S/C13H19N3/c1-10-3-2-4-13(14-10)15-11-7-8-16(9-11)12-5-6-12/h2-4,11-12H,5-9H2,1H3,(H,14,15). The van der Waals surface area contributed by atoms with Crippen LogP contribution >= 0.6 is 0 Å². The molecule has 16 heavy (non-hydrogen) atoms. The smallest absolute Gasteiger partial charge is 0.126 e. The SMILES string of the molecule is Cc1cccc(NC2CCN(C3CC3)C2)n1. The van der Waals surface area contributed by atoms with E-state index in [1.165, 1.54) is 32.4 Å². The molecular weight excluding hydrogens is 198 g/mol. The van der Waals surface area contributed by atoms with Crippen molar-refractivity contribution >= 4 is 5.82 Å². The number of anilines is 1. The van der Waals surface area contributed by atoms with E-state index < -0.39 is 0 Å². The Morgan fingerprint density at radius 1 is 1.31 bits per heavy atom. The fourth-order valence-corrected chi connectivity index (χ4v) is 2.51. The zero-order valence-electron chi connectivity index (χ0n) is 9.82. The van der Waals surface area contributed by atoms with Gasteiger partial charge in [-0.25, -0.2) is 4.98 Å². The topological polar surface area (TPSA) is 28.2 Å². The van der Waals surface area contributed by atoms with Crippen LogP contribution in [0, 0.1) is 6.92 Å². The molecule has 2 fully saturated rings. The second kappa shape index (κ2) is 4.06. The van der Waals surface area contributed by atoms with Crippen molar-refractivity contribution in [2.75, 3.05) is 18.4 Å². The number of pyridine rings is 1. The molecule has 3 rings (SSSR count). The Labute approximate surface area is 96.9 Å². The van der Waals surface area contributed by atoms with Gasteiger partial charge in [0.1, 0.15) is 5.82 Å². The maximum atomic E-state index is 4.49. The van der Waals surface area contributed by atoms with Gasteiger partial charge in [-0.15, -0.1) is 0 Å². The van der Waals surface area contributed by atoms with Gasteiger partial charge in [-0.05, 0) is 38.3 Å². The summed E-state index contributed by atoms with van der Waals surface area (Å²) in [5.74, 6) is 1.03. The summed E-state index contributed by atoms with van der Waals surface area (Å²) in [7, 11) is 0. The maximum absolute atomic E-state index is 4.49. The molecule has 0 radical (unpaired) electrons. The maximum Gasteiger partial charge on any atom is 0.126 e. The van der Waals surface area contributed by atoms with Crippen LogP contribution in [0.2, 0.25) is 0 Å². The van der Waals surface area contributed by atoms with E-state index in [-0.39, 0.29) is 0 Å². The van der Waals surface area contributed by atoms with Crippen LogP contribution in [0.25, 0.3) is 0 Å². The van der Waals surface area contributed by atoms with Crippen molar-refractivity contribution in [1.82, 2.24) is 9.88 Å². The van der Waals surface area contributed by atoms with Crippen molar-refractivity contribution in [3.8, 4) is 0 Å². The number of rotatable bonds is 3. The van der Waals surface area contributed by atoms with E-state index in [0.29, 0.717) is 6.04 Å². The van der Waals surface area contributed by atoms with E-state index in [0.717, 1.165) is 17.6 Å². The summed E-state index contributed by atoms with van der Waals surface area (Å²) >= 11 is 0. The van der Waals surface area contributed by atoms with E-state index >= 15 is 0 Å². The molecule has 1 aliphatic carbocycles. The summed E-state index contributed by atoms with van der Waals surface area (Å²) in [6.45, 7) is 4.49. The molecule has 2 aliphatic rings. The van der Waals surface area contributed by atoms with Gasteiger partial charge in [0.05, 0.1) is 0 Å². The molecule has 3 heteroatoms. The second-order valence-corrected chi connectivity index (χ2v) is 5.02. The first-order valence-corrected chi connectivity index (χ1v) is 6.25. The molecule has 2 heterocycles. The fourth-order valence-electron chi connectivity index (χ4n) is 2.51. The number of nitrogens with zero attached hydrogens (tertiary/aromatic N) is 2. The average molecular weight is 217 g/mol. The molecule has 1 aliphatic heterocycles. The minimum absolute atomic E-state index is 0.592. The third kappa shape index (κ3) is 2.19. The predicted octanol–water partition coefficient (Wildman–Crippen LogP) is 2.04. The number of aryl methyl sites for hydroxylation is 1. The van der Waals surface area contributed by atoms with Crippen LogP contribution in [-0.2, 0) is 0 Å². The van der Waals surface area contributed by atoms with Crippen LogP contribution in [-0.4, -0.2) is 35.1 Å². The zero-order chi connectivity index (χ0) is 11.0. The van der Waals surface area contributed by atoms with Crippen LogP contribution in [0.15, 0.2) is 18.2 Å². The van der Waals surface area contributed by atoms with Gasteiger partial charge >= 0.3 is 0 Å². The van der Waals surface area contributed by atoms with Gasteiger partial charge in [0.25, 0.3) is 0 Å². The highest BCUT2D eigenvalue weighted by Gasteiger charge is 2.34. The molecule has 1 aromatic heterocycles. The molecule has 0 spiro atoms. The van der Waals surface area contributed by atoms with Gasteiger partial charge in [-0.1, -0.05) is 6.07 Å². The Morgan fingerprint density at radius 2 is 2.19 bits per heavy atom. The summed E-state index contributed by atoms with van der Waals surface area (Å²) in [6.07, 6.45) is 4.08. The molecule has 1 atom stereocenters. The van der Waals surface area contributed by atoms with Crippen LogP contribution in [0.4, 0.5) is 5.82 Å². The van der Waals surface area contributed by atoms with Crippen molar-refractivity contribution in [3.63, 3.8) is 0 Å². The normalized spacial score (nSPS) is 25.9. The Kier molecular flexibility index (Phi) is 2.56. The number of hydrogen-bond acceptors (Lipinski definition) is 3. The molecule has 86 valence electrons. The zero-order valence-corrected chi connectivity index (χ0v) is 9.82. The lowest BCUT2D eigenvalue weighted by Crippen LogP contribution is -2.28. The first-order valence-electron chi connectivity index (χ1n) is 6.25. The fraction of sp³-hybridized carbons (Fsp3) is 0.615. The first kappa shape index (κ1) is 10.1. The van der Waals surface area contributed by atoms with Gasteiger partial charge in [0, 0.05) is 30.9 Å². The Hall–Kier alpha value is -1.09. The lowest BCUT2D eigenvalue weighted by atomic mass is 10.2. The number of hydrogen-bond donors (Lipinski definition) is 1. The van der Waals surface area contributed by atoms with Gasteiger partial charge in [0.15, 0.2) is 0 Å². The molecule has 0 amide bonds. The Morgan fingerprint density at radius 3 is 2.94 bits per heavy atom. The highest BCUT2D eigenvalue weighted by atomic mass is 15.2. The monoisotopic (exact) mass is 217 g/mol. The molecule has 1 N–H and O–H groups in total. The van der Waals surface area contributed by atoms with E-state index in [4.69, 9.17) is 0 Å². The highest BCUT2D eigenvalue weighted by Crippen LogP contribution is 2.30. The highest BCUT2D eigenvalue weighted by molar-refractivity contribution is 5.36. The Bertz CT molecular complexity index is 373. The summed E-state index contributed by atoms with van der Waals surface area (Å²) in [4.78, 5) is 7.11. The minimum Gasteiger partial charge on any atom is -0.366 e. The molecular formula is C13H19N3. The molecule has 0 aromatic carbocycles. The number of nitrogens with one attached hydrogen (secondary N) is 1. The molecule has 1 unspecified atom stereocenters. The largest absolute Gasteiger partial charge is 0.366 e. The van der Waals surface area contributed by atoms with Crippen molar-refractivity contribution < 1.29 is 0 Å². The molecule has 3 nitrogen and oxygen atoms in total. The van der Waals surface area contributed by atoms with Crippen molar-refractivity contribution in [1.29, 1.82) is 0 Å². The predicted molar refractivity (Wildman–Crippen MR) is 65.6 cm³/mol. The van der Waals surface area contributed by atoms with Gasteiger partial charge in [-0.3, -0.25) is 4.90 Å². The summed E-state index contributed by atoms with van der Waals surface area (Å²) in [5, 5.41) is 3.54. The molecule has 1 saturated heterocycles. The summed E-state index contributed by atoms with van der Waals surface area (Å²) in [5.41, 5.74) is 1.09. The van der Waals surface area contributed by atoms with Crippen molar-refractivity contribution in [2.45, 2.75) is 38.3 Å². The lowest BCUT2D eigenvalue weighted by molar-refractivity contribution is 0.326.